The van der Waals surface area contributed by atoms with E-state index in [2.05, 4.69) is 5.32 Å². The Balaban J connectivity index is 4.14. The van der Waals surface area contributed by atoms with Crippen molar-refractivity contribution in [2.24, 2.45) is 5.73 Å². The second-order valence-corrected chi connectivity index (χ2v) is 8.33. The maximum absolute atomic E-state index is 12.6. The van der Waals surface area contributed by atoms with Gasteiger partial charge in [0.05, 0.1) is 18.2 Å². The number of carbonyl (C=O) groups is 2. The molecule has 0 aromatic carbocycles. The molecular formula is C23H46N2O4. The number of carbonyl (C=O) groups excluding carboxylic acids is 2. The molecule has 1 atom stereocenters. The first kappa shape index (κ1) is 28.0. The first-order chi connectivity index (χ1) is 13.9. The highest BCUT2D eigenvalue weighted by molar-refractivity contribution is 5.88. The molecule has 0 rings (SSSR count). The van der Waals surface area contributed by atoms with Crippen LogP contribution in [0.2, 0.25) is 0 Å². The van der Waals surface area contributed by atoms with Crippen LogP contribution in [0.1, 0.15) is 98.3 Å². The van der Waals surface area contributed by atoms with Crippen LogP contribution < -0.4 is 11.1 Å². The third kappa shape index (κ3) is 18.8. The third-order valence-corrected chi connectivity index (χ3v) is 4.69. The lowest BCUT2D eigenvalue weighted by molar-refractivity contribution is -0.128. The van der Waals surface area contributed by atoms with Crippen LogP contribution in [0.5, 0.6) is 0 Å². The van der Waals surface area contributed by atoms with Gasteiger partial charge in [0, 0.05) is 26.1 Å². The summed E-state index contributed by atoms with van der Waals surface area (Å²) in [6, 6.07) is -0.370. The zero-order valence-corrected chi connectivity index (χ0v) is 19.3. The minimum atomic E-state index is -0.370. The zero-order valence-electron chi connectivity index (χ0n) is 19.3. The van der Waals surface area contributed by atoms with Crippen molar-refractivity contribution in [1.29, 1.82) is 0 Å². The van der Waals surface area contributed by atoms with Crippen LogP contribution in [0, 0.1) is 0 Å². The fourth-order valence-electron chi connectivity index (χ4n) is 3.03. The van der Waals surface area contributed by atoms with Crippen LogP contribution >= 0.6 is 0 Å². The van der Waals surface area contributed by atoms with Crippen molar-refractivity contribution in [3.05, 3.63) is 0 Å². The van der Waals surface area contributed by atoms with Gasteiger partial charge in [0.2, 0.25) is 5.91 Å². The number of hydrogen-bond donors (Lipinski definition) is 2. The van der Waals surface area contributed by atoms with Crippen LogP contribution in [-0.4, -0.2) is 49.7 Å². The molecule has 0 heterocycles. The number of ketones is 1. The summed E-state index contributed by atoms with van der Waals surface area (Å²) in [7, 11) is 0. The molecular weight excluding hydrogens is 368 g/mol. The van der Waals surface area contributed by atoms with Crippen molar-refractivity contribution >= 4 is 11.7 Å². The van der Waals surface area contributed by atoms with Crippen molar-refractivity contribution in [2.75, 3.05) is 19.8 Å². The average Bonchev–Trinajstić information content (AvgIpc) is 2.66. The Morgan fingerprint density at radius 3 is 1.83 bits per heavy atom. The predicted octanol–water partition coefficient (Wildman–Crippen LogP) is 4.14. The molecule has 0 spiro atoms. The van der Waals surface area contributed by atoms with Gasteiger partial charge in [-0.1, -0.05) is 12.8 Å². The Hall–Kier alpha value is -0.980. The van der Waals surface area contributed by atoms with Crippen molar-refractivity contribution < 1.29 is 19.1 Å². The van der Waals surface area contributed by atoms with Gasteiger partial charge in [-0.3, -0.25) is 9.59 Å². The van der Waals surface area contributed by atoms with Gasteiger partial charge in [0.1, 0.15) is 0 Å². The van der Waals surface area contributed by atoms with E-state index in [1.54, 1.807) is 0 Å². The smallest absolute Gasteiger partial charge is 0.220 e. The Morgan fingerprint density at radius 1 is 0.759 bits per heavy atom. The Labute approximate surface area is 178 Å². The standard InChI is InChI=1S/C23H46N2O4/c1-19(2)28-17-11-5-7-14-22(26)21(13-9-10-16-24)25-23(27)15-8-6-12-18-29-20(3)4/h19-21H,5-18,24H2,1-4H3,(H,25,27)/t21-/m0/s1. The molecule has 0 aromatic heterocycles. The van der Waals surface area contributed by atoms with Crippen LogP contribution in [0.15, 0.2) is 0 Å². The van der Waals surface area contributed by atoms with Gasteiger partial charge in [-0.25, -0.2) is 0 Å². The molecule has 0 aromatic rings. The van der Waals surface area contributed by atoms with Gasteiger partial charge in [-0.15, -0.1) is 0 Å². The van der Waals surface area contributed by atoms with E-state index in [1.807, 2.05) is 27.7 Å². The monoisotopic (exact) mass is 414 g/mol. The van der Waals surface area contributed by atoms with E-state index in [9.17, 15) is 9.59 Å². The van der Waals surface area contributed by atoms with Crippen LogP contribution in [0.4, 0.5) is 0 Å². The first-order valence-corrected chi connectivity index (χ1v) is 11.6. The molecule has 3 N–H and O–H groups in total. The lowest BCUT2D eigenvalue weighted by atomic mass is 10.00. The summed E-state index contributed by atoms with van der Waals surface area (Å²) in [6.07, 6.45) is 9.45. The van der Waals surface area contributed by atoms with E-state index < -0.39 is 0 Å². The Morgan fingerprint density at radius 2 is 1.31 bits per heavy atom. The molecule has 0 aliphatic rings. The highest BCUT2D eigenvalue weighted by Crippen LogP contribution is 2.10. The number of unbranched alkanes of at least 4 members (excludes halogenated alkanes) is 5. The fourth-order valence-corrected chi connectivity index (χ4v) is 3.03. The molecule has 0 saturated carbocycles. The molecule has 0 aliphatic heterocycles. The second kappa shape index (κ2) is 19.0. The highest BCUT2D eigenvalue weighted by Gasteiger charge is 2.19. The summed E-state index contributed by atoms with van der Waals surface area (Å²) >= 11 is 0. The topological polar surface area (TPSA) is 90.6 Å². The summed E-state index contributed by atoms with van der Waals surface area (Å²) in [5.41, 5.74) is 5.57. The van der Waals surface area contributed by atoms with E-state index in [1.165, 1.54) is 0 Å². The van der Waals surface area contributed by atoms with Crippen molar-refractivity contribution in [3.8, 4) is 0 Å². The predicted molar refractivity (Wildman–Crippen MR) is 119 cm³/mol. The first-order valence-electron chi connectivity index (χ1n) is 11.6. The Kier molecular flexibility index (Phi) is 18.4. The molecule has 6 heteroatoms. The number of ether oxygens (including phenoxy) is 2. The zero-order chi connectivity index (χ0) is 21.9. The molecule has 0 unspecified atom stereocenters. The summed E-state index contributed by atoms with van der Waals surface area (Å²) in [5.74, 6) is 0.122. The van der Waals surface area contributed by atoms with E-state index in [-0.39, 0.29) is 29.9 Å². The minimum Gasteiger partial charge on any atom is -0.379 e. The van der Waals surface area contributed by atoms with E-state index >= 15 is 0 Å². The third-order valence-electron chi connectivity index (χ3n) is 4.69. The van der Waals surface area contributed by atoms with E-state index in [0.29, 0.717) is 25.8 Å². The molecule has 0 saturated heterocycles. The molecule has 1 amide bonds. The molecule has 29 heavy (non-hydrogen) atoms. The number of hydrogen-bond acceptors (Lipinski definition) is 5. The second-order valence-electron chi connectivity index (χ2n) is 8.33. The molecule has 172 valence electrons. The Bertz CT molecular complexity index is 414. The lowest BCUT2D eigenvalue weighted by Crippen LogP contribution is -2.40. The summed E-state index contributed by atoms with van der Waals surface area (Å²) in [5, 5.41) is 2.97. The lowest BCUT2D eigenvalue weighted by Gasteiger charge is -2.18. The molecule has 6 nitrogen and oxygen atoms in total. The largest absolute Gasteiger partial charge is 0.379 e. The molecule has 0 aliphatic carbocycles. The number of Topliss-reactive ketones (excluding diaryl/α,β-unsaturated/α-hetero) is 1. The van der Waals surface area contributed by atoms with Gasteiger partial charge in [-0.05, 0) is 79.2 Å². The van der Waals surface area contributed by atoms with Crippen LogP contribution in [-0.2, 0) is 19.1 Å². The van der Waals surface area contributed by atoms with Crippen LogP contribution in [0.3, 0.4) is 0 Å². The van der Waals surface area contributed by atoms with E-state index in [4.69, 9.17) is 15.2 Å². The van der Waals surface area contributed by atoms with Crippen molar-refractivity contribution in [2.45, 2.75) is 117 Å². The molecule has 0 bridgehead atoms. The number of nitrogens with one attached hydrogen (secondary N) is 1. The van der Waals surface area contributed by atoms with E-state index in [0.717, 1.165) is 64.6 Å². The van der Waals surface area contributed by atoms with Crippen molar-refractivity contribution in [3.63, 3.8) is 0 Å². The number of amides is 1. The van der Waals surface area contributed by atoms with Gasteiger partial charge in [-0.2, -0.15) is 0 Å². The van der Waals surface area contributed by atoms with Gasteiger partial charge < -0.3 is 20.5 Å². The molecule has 0 radical (unpaired) electrons. The quantitative estimate of drug-likeness (QED) is 0.292. The highest BCUT2D eigenvalue weighted by atomic mass is 16.5. The SMILES string of the molecule is CC(C)OCCCCCC(=O)N[C@@H](CCCCN)C(=O)CCCCCOC(C)C. The van der Waals surface area contributed by atoms with Gasteiger partial charge in [0.15, 0.2) is 5.78 Å². The molecule has 0 fully saturated rings. The summed E-state index contributed by atoms with van der Waals surface area (Å²) < 4.78 is 11.0. The summed E-state index contributed by atoms with van der Waals surface area (Å²) in [6.45, 7) is 10.2. The van der Waals surface area contributed by atoms with Crippen LogP contribution in [0.25, 0.3) is 0 Å². The number of nitrogens with two attached hydrogens (primary N) is 1. The van der Waals surface area contributed by atoms with Gasteiger partial charge >= 0.3 is 0 Å². The maximum Gasteiger partial charge on any atom is 0.220 e. The number of rotatable bonds is 20. The van der Waals surface area contributed by atoms with Crippen molar-refractivity contribution in [1.82, 2.24) is 5.32 Å². The minimum absolute atomic E-state index is 0.0220. The normalized spacial score (nSPS) is 12.5. The average molecular weight is 415 g/mol. The maximum atomic E-state index is 12.6. The summed E-state index contributed by atoms with van der Waals surface area (Å²) in [4.78, 5) is 24.9. The fraction of sp³-hybridized carbons (Fsp3) is 0.913. The van der Waals surface area contributed by atoms with Gasteiger partial charge in [0.25, 0.3) is 0 Å².